The van der Waals surface area contributed by atoms with Crippen LogP contribution in [0.15, 0.2) is 18.2 Å². The molecule has 1 heterocycles. The van der Waals surface area contributed by atoms with Gasteiger partial charge in [-0.15, -0.1) is 0 Å². The largest absolute Gasteiger partial charge is 0.490 e. The van der Waals surface area contributed by atoms with E-state index in [0.717, 1.165) is 18.7 Å². The van der Waals surface area contributed by atoms with Gasteiger partial charge in [0.1, 0.15) is 11.9 Å². The first-order valence-electron chi connectivity index (χ1n) is 6.64. The topological polar surface area (TPSA) is 21.3 Å². The molecule has 1 N–H and O–H groups in total. The maximum Gasteiger partial charge on any atom is 0.123 e. The van der Waals surface area contributed by atoms with E-state index in [1.165, 1.54) is 11.1 Å². The predicted molar refractivity (Wildman–Crippen MR) is 71.5 cm³/mol. The van der Waals surface area contributed by atoms with Gasteiger partial charge in [-0.25, -0.2) is 0 Å². The van der Waals surface area contributed by atoms with Crippen molar-refractivity contribution in [3.8, 4) is 5.75 Å². The van der Waals surface area contributed by atoms with E-state index in [4.69, 9.17) is 4.74 Å². The first-order valence-corrected chi connectivity index (χ1v) is 6.64. The van der Waals surface area contributed by atoms with Gasteiger partial charge in [0.15, 0.2) is 0 Å². The average Bonchev–Trinajstić information content (AvgIpc) is 2.64. The molecule has 2 atom stereocenters. The van der Waals surface area contributed by atoms with E-state index in [9.17, 15) is 0 Å². The molecule has 2 rings (SSSR count). The average molecular weight is 233 g/mol. The first kappa shape index (κ1) is 12.4. The summed E-state index contributed by atoms with van der Waals surface area (Å²) >= 11 is 0. The van der Waals surface area contributed by atoms with Crippen molar-refractivity contribution >= 4 is 0 Å². The zero-order valence-electron chi connectivity index (χ0n) is 11.3. The lowest BCUT2D eigenvalue weighted by atomic mass is 9.94. The fraction of sp³-hybridized carbons (Fsp3) is 0.600. The summed E-state index contributed by atoms with van der Waals surface area (Å²) < 4.78 is 5.74. The molecular formula is C15H23NO. The standard InChI is InChI=1S/C15H23NO/c1-5-16-15(10(2)3)12-6-7-14-13(9-12)8-11(4)17-14/h6-7,9-11,15-16H,5,8H2,1-4H3. The van der Waals surface area contributed by atoms with Gasteiger partial charge in [0, 0.05) is 12.5 Å². The molecule has 0 amide bonds. The molecule has 0 spiro atoms. The van der Waals surface area contributed by atoms with Crippen LogP contribution >= 0.6 is 0 Å². The Balaban J connectivity index is 2.24. The van der Waals surface area contributed by atoms with E-state index in [2.05, 4.69) is 51.2 Å². The molecule has 94 valence electrons. The Morgan fingerprint density at radius 3 is 2.82 bits per heavy atom. The Bertz CT molecular complexity index is 387. The van der Waals surface area contributed by atoms with Crippen molar-refractivity contribution in [2.45, 2.75) is 46.3 Å². The molecule has 2 nitrogen and oxygen atoms in total. The summed E-state index contributed by atoms with van der Waals surface area (Å²) in [5.41, 5.74) is 2.75. The highest BCUT2D eigenvalue weighted by Crippen LogP contribution is 2.32. The molecule has 1 aromatic rings. The number of fused-ring (bicyclic) bond motifs is 1. The lowest BCUT2D eigenvalue weighted by molar-refractivity contribution is 0.254. The maximum absolute atomic E-state index is 5.74. The van der Waals surface area contributed by atoms with Crippen LogP contribution in [0.3, 0.4) is 0 Å². The molecule has 0 saturated heterocycles. The fourth-order valence-electron chi connectivity index (χ4n) is 2.59. The first-order chi connectivity index (χ1) is 8.11. The van der Waals surface area contributed by atoms with Gasteiger partial charge < -0.3 is 10.1 Å². The van der Waals surface area contributed by atoms with E-state index in [1.54, 1.807) is 0 Å². The Morgan fingerprint density at radius 1 is 1.41 bits per heavy atom. The van der Waals surface area contributed by atoms with Crippen LogP contribution < -0.4 is 10.1 Å². The van der Waals surface area contributed by atoms with Crippen LogP contribution in [0, 0.1) is 5.92 Å². The monoisotopic (exact) mass is 233 g/mol. The molecule has 2 unspecified atom stereocenters. The minimum Gasteiger partial charge on any atom is -0.490 e. The van der Waals surface area contributed by atoms with Gasteiger partial charge in [-0.2, -0.15) is 0 Å². The molecule has 0 saturated carbocycles. The molecule has 17 heavy (non-hydrogen) atoms. The molecule has 0 bridgehead atoms. The SMILES string of the molecule is CCNC(c1ccc2c(c1)CC(C)O2)C(C)C. The summed E-state index contributed by atoms with van der Waals surface area (Å²) in [5.74, 6) is 1.67. The highest BCUT2D eigenvalue weighted by Gasteiger charge is 2.21. The summed E-state index contributed by atoms with van der Waals surface area (Å²) in [6.07, 6.45) is 1.37. The Morgan fingerprint density at radius 2 is 2.18 bits per heavy atom. The van der Waals surface area contributed by atoms with Gasteiger partial charge in [0.2, 0.25) is 0 Å². The van der Waals surface area contributed by atoms with Crippen LogP contribution in [0.5, 0.6) is 5.75 Å². The van der Waals surface area contributed by atoms with Gasteiger partial charge in [0.05, 0.1) is 0 Å². The van der Waals surface area contributed by atoms with Crippen LogP contribution in [-0.2, 0) is 6.42 Å². The second kappa shape index (κ2) is 5.09. The van der Waals surface area contributed by atoms with Crippen LogP contribution in [-0.4, -0.2) is 12.6 Å². The van der Waals surface area contributed by atoms with E-state index in [0.29, 0.717) is 18.1 Å². The fourth-order valence-corrected chi connectivity index (χ4v) is 2.59. The van der Waals surface area contributed by atoms with Crippen molar-refractivity contribution in [2.75, 3.05) is 6.54 Å². The number of rotatable bonds is 4. The Kier molecular flexibility index (Phi) is 3.72. The third-order valence-corrected chi connectivity index (χ3v) is 3.37. The second-order valence-electron chi connectivity index (χ2n) is 5.28. The third-order valence-electron chi connectivity index (χ3n) is 3.37. The summed E-state index contributed by atoms with van der Waals surface area (Å²) in [6, 6.07) is 7.08. The normalized spacial score (nSPS) is 20.2. The quantitative estimate of drug-likeness (QED) is 0.861. The third kappa shape index (κ3) is 2.63. The molecule has 1 aliphatic rings. The molecular weight excluding hydrogens is 210 g/mol. The molecule has 0 radical (unpaired) electrons. The highest BCUT2D eigenvalue weighted by molar-refractivity contribution is 5.41. The molecule has 2 heteroatoms. The van der Waals surface area contributed by atoms with Crippen LogP contribution in [0.1, 0.15) is 44.9 Å². The van der Waals surface area contributed by atoms with Crippen molar-refractivity contribution in [1.82, 2.24) is 5.32 Å². The number of nitrogens with one attached hydrogen (secondary N) is 1. The Labute approximate surface area is 104 Å². The van der Waals surface area contributed by atoms with Crippen LogP contribution in [0.25, 0.3) is 0 Å². The van der Waals surface area contributed by atoms with E-state index in [-0.39, 0.29) is 0 Å². The maximum atomic E-state index is 5.74. The van der Waals surface area contributed by atoms with Gasteiger partial charge in [-0.05, 0) is 36.6 Å². The van der Waals surface area contributed by atoms with Crippen molar-refractivity contribution < 1.29 is 4.74 Å². The van der Waals surface area contributed by atoms with Crippen molar-refractivity contribution in [1.29, 1.82) is 0 Å². The number of benzene rings is 1. The molecule has 0 aliphatic carbocycles. The van der Waals surface area contributed by atoms with Crippen molar-refractivity contribution in [3.63, 3.8) is 0 Å². The Hall–Kier alpha value is -1.02. The lowest BCUT2D eigenvalue weighted by Gasteiger charge is -2.22. The number of hydrogen-bond donors (Lipinski definition) is 1. The van der Waals surface area contributed by atoms with Gasteiger partial charge >= 0.3 is 0 Å². The second-order valence-corrected chi connectivity index (χ2v) is 5.28. The van der Waals surface area contributed by atoms with Gasteiger partial charge in [-0.3, -0.25) is 0 Å². The molecule has 0 aromatic heterocycles. The predicted octanol–water partition coefficient (Wildman–Crippen LogP) is 3.32. The van der Waals surface area contributed by atoms with E-state index < -0.39 is 0 Å². The minimum absolute atomic E-state index is 0.330. The summed E-state index contributed by atoms with van der Waals surface area (Å²) in [5, 5.41) is 3.56. The van der Waals surface area contributed by atoms with Crippen LogP contribution in [0.2, 0.25) is 0 Å². The zero-order valence-corrected chi connectivity index (χ0v) is 11.3. The van der Waals surface area contributed by atoms with Crippen molar-refractivity contribution in [3.05, 3.63) is 29.3 Å². The molecule has 1 aliphatic heterocycles. The zero-order chi connectivity index (χ0) is 12.4. The lowest BCUT2D eigenvalue weighted by Crippen LogP contribution is -2.25. The summed E-state index contributed by atoms with van der Waals surface area (Å²) in [6.45, 7) is 9.82. The number of ether oxygens (including phenoxy) is 1. The molecule has 1 aromatic carbocycles. The highest BCUT2D eigenvalue weighted by atomic mass is 16.5. The summed E-state index contributed by atoms with van der Waals surface area (Å²) in [7, 11) is 0. The van der Waals surface area contributed by atoms with Crippen LogP contribution in [0.4, 0.5) is 0 Å². The molecule has 0 fully saturated rings. The van der Waals surface area contributed by atoms with Gasteiger partial charge in [0.25, 0.3) is 0 Å². The number of hydrogen-bond acceptors (Lipinski definition) is 2. The van der Waals surface area contributed by atoms with E-state index in [1.807, 2.05) is 0 Å². The van der Waals surface area contributed by atoms with Gasteiger partial charge in [-0.1, -0.05) is 32.9 Å². The van der Waals surface area contributed by atoms with E-state index >= 15 is 0 Å². The smallest absolute Gasteiger partial charge is 0.123 e. The van der Waals surface area contributed by atoms with Crippen molar-refractivity contribution in [2.24, 2.45) is 5.92 Å². The summed E-state index contributed by atoms with van der Waals surface area (Å²) in [4.78, 5) is 0. The minimum atomic E-state index is 0.330.